The fourth-order valence-corrected chi connectivity index (χ4v) is 2.56. The van der Waals surface area contributed by atoms with Gasteiger partial charge in [0, 0.05) is 4.90 Å². The topological polar surface area (TPSA) is 38.3 Å². The van der Waals surface area contributed by atoms with Gasteiger partial charge in [0.2, 0.25) is 0 Å². The van der Waals surface area contributed by atoms with E-state index in [1.54, 1.807) is 11.8 Å². The van der Waals surface area contributed by atoms with Gasteiger partial charge in [0.15, 0.2) is 0 Å². The molecule has 1 amide bonds. The van der Waals surface area contributed by atoms with Crippen LogP contribution >= 0.6 is 11.8 Å². The number of thioether (sulfide) groups is 1. The highest BCUT2D eigenvalue weighted by Crippen LogP contribution is 2.25. The molecule has 0 aliphatic carbocycles. The summed E-state index contributed by atoms with van der Waals surface area (Å²) in [6, 6.07) is 7.75. The minimum absolute atomic E-state index is 0.0167. The molecule has 0 aliphatic rings. The fraction of sp³-hybridized carbons (Fsp3) is 0.562. The van der Waals surface area contributed by atoms with Crippen LogP contribution in [-0.4, -0.2) is 18.5 Å². The number of anilines is 1. The van der Waals surface area contributed by atoms with Gasteiger partial charge in [-0.15, -0.1) is 11.8 Å². The van der Waals surface area contributed by atoms with Crippen LogP contribution in [0.25, 0.3) is 0 Å². The standard InChI is InChI=1S/C16H25NO2S/c1-4-6-7-10-13(5-2)19-16(18)17-14-11-8-9-12-15(14)20-3/h8-9,11-13H,4-7,10H2,1-3H3,(H,17,18). The number of carbonyl (C=O) groups is 1. The molecular weight excluding hydrogens is 270 g/mol. The number of hydrogen-bond acceptors (Lipinski definition) is 3. The Balaban J connectivity index is 2.49. The Labute approximate surface area is 126 Å². The Bertz CT molecular complexity index is 409. The fourth-order valence-electron chi connectivity index (χ4n) is 2.01. The van der Waals surface area contributed by atoms with E-state index in [9.17, 15) is 4.79 Å². The van der Waals surface area contributed by atoms with E-state index in [-0.39, 0.29) is 12.2 Å². The van der Waals surface area contributed by atoms with E-state index in [4.69, 9.17) is 4.74 Å². The molecule has 1 aromatic carbocycles. The zero-order chi connectivity index (χ0) is 14.8. The van der Waals surface area contributed by atoms with Crippen molar-refractivity contribution in [3.05, 3.63) is 24.3 Å². The second-order valence-corrected chi connectivity index (χ2v) is 5.60. The largest absolute Gasteiger partial charge is 0.446 e. The molecule has 0 heterocycles. The Morgan fingerprint density at radius 2 is 2.05 bits per heavy atom. The number of amides is 1. The summed E-state index contributed by atoms with van der Waals surface area (Å²) in [4.78, 5) is 13.0. The third-order valence-electron chi connectivity index (χ3n) is 3.20. The summed E-state index contributed by atoms with van der Waals surface area (Å²) in [6.07, 6.45) is 6.96. The average Bonchev–Trinajstić information content (AvgIpc) is 2.47. The monoisotopic (exact) mass is 295 g/mol. The smallest absolute Gasteiger partial charge is 0.411 e. The van der Waals surface area contributed by atoms with Crippen LogP contribution in [-0.2, 0) is 4.74 Å². The molecule has 0 aromatic heterocycles. The first kappa shape index (κ1) is 16.9. The van der Waals surface area contributed by atoms with Gasteiger partial charge in [-0.2, -0.15) is 0 Å². The number of carbonyl (C=O) groups excluding carboxylic acids is 1. The van der Waals surface area contributed by atoms with Crippen LogP contribution in [0.1, 0.15) is 46.0 Å². The van der Waals surface area contributed by atoms with Gasteiger partial charge in [0.1, 0.15) is 6.10 Å². The zero-order valence-electron chi connectivity index (χ0n) is 12.6. The van der Waals surface area contributed by atoms with Crippen molar-refractivity contribution in [1.82, 2.24) is 0 Å². The lowest BCUT2D eigenvalue weighted by atomic mass is 10.1. The summed E-state index contributed by atoms with van der Waals surface area (Å²) in [5.74, 6) is 0. The molecule has 0 fully saturated rings. The molecule has 0 spiro atoms. The maximum absolute atomic E-state index is 11.9. The van der Waals surface area contributed by atoms with Crippen molar-refractivity contribution >= 4 is 23.5 Å². The number of benzene rings is 1. The van der Waals surface area contributed by atoms with Crippen molar-refractivity contribution in [1.29, 1.82) is 0 Å². The molecule has 1 rings (SSSR count). The van der Waals surface area contributed by atoms with Gasteiger partial charge in [0.25, 0.3) is 0 Å². The molecule has 1 N–H and O–H groups in total. The number of rotatable bonds is 8. The molecule has 0 saturated heterocycles. The van der Waals surface area contributed by atoms with Crippen LogP contribution in [0.3, 0.4) is 0 Å². The van der Waals surface area contributed by atoms with E-state index in [0.29, 0.717) is 0 Å². The maximum Gasteiger partial charge on any atom is 0.411 e. The van der Waals surface area contributed by atoms with Gasteiger partial charge in [-0.05, 0) is 37.7 Å². The van der Waals surface area contributed by atoms with Crippen molar-refractivity contribution < 1.29 is 9.53 Å². The lowest BCUT2D eigenvalue weighted by Gasteiger charge is -2.17. The second kappa shape index (κ2) is 9.70. The summed E-state index contributed by atoms with van der Waals surface area (Å²) >= 11 is 1.61. The first-order chi connectivity index (χ1) is 9.71. The summed E-state index contributed by atoms with van der Waals surface area (Å²) in [6.45, 7) is 4.23. The minimum atomic E-state index is -0.352. The van der Waals surface area contributed by atoms with E-state index in [1.165, 1.54) is 12.8 Å². The van der Waals surface area contributed by atoms with E-state index in [0.717, 1.165) is 29.8 Å². The Kier molecular flexibility index (Phi) is 8.19. The van der Waals surface area contributed by atoms with Gasteiger partial charge in [0.05, 0.1) is 5.69 Å². The normalized spacial score (nSPS) is 11.9. The van der Waals surface area contributed by atoms with E-state index < -0.39 is 0 Å². The molecule has 4 heteroatoms. The number of para-hydroxylation sites is 1. The quantitative estimate of drug-likeness (QED) is 0.521. The predicted molar refractivity (Wildman–Crippen MR) is 86.5 cm³/mol. The van der Waals surface area contributed by atoms with Crippen molar-refractivity contribution in [3.8, 4) is 0 Å². The molecule has 20 heavy (non-hydrogen) atoms. The molecule has 0 aliphatic heterocycles. The highest BCUT2D eigenvalue weighted by Gasteiger charge is 2.13. The predicted octanol–water partition coefficient (Wildman–Crippen LogP) is 5.32. The number of nitrogens with one attached hydrogen (secondary N) is 1. The third kappa shape index (κ3) is 5.87. The molecule has 0 bridgehead atoms. The molecular formula is C16H25NO2S. The first-order valence-electron chi connectivity index (χ1n) is 7.31. The van der Waals surface area contributed by atoms with Gasteiger partial charge in [-0.25, -0.2) is 4.79 Å². The van der Waals surface area contributed by atoms with Crippen molar-refractivity contribution in [2.24, 2.45) is 0 Å². The Morgan fingerprint density at radius 1 is 1.30 bits per heavy atom. The van der Waals surface area contributed by atoms with Crippen LogP contribution < -0.4 is 5.32 Å². The van der Waals surface area contributed by atoms with E-state index in [1.807, 2.05) is 30.5 Å². The van der Waals surface area contributed by atoms with Gasteiger partial charge >= 0.3 is 6.09 Å². The van der Waals surface area contributed by atoms with Crippen molar-refractivity contribution in [2.45, 2.75) is 57.0 Å². The van der Waals surface area contributed by atoms with Crippen LogP contribution in [0.5, 0.6) is 0 Å². The van der Waals surface area contributed by atoms with Crippen LogP contribution in [0.2, 0.25) is 0 Å². The number of unbranched alkanes of at least 4 members (excludes halogenated alkanes) is 2. The van der Waals surface area contributed by atoms with Gasteiger partial charge < -0.3 is 4.74 Å². The van der Waals surface area contributed by atoms with Crippen LogP contribution in [0.4, 0.5) is 10.5 Å². The highest BCUT2D eigenvalue weighted by atomic mass is 32.2. The van der Waals surface area contributed by atoms with Crippen LogP contribution in [0.15, 0.2) is 29.2 Å². The van der Waals surface area contributed by atoms with Crippen molar-refractivity contribution in [3.63, 3.8) is 0 Å². The highest BCUT2D eigenvalue weighted by molar-refractivity contribution is 7.98. The minimum Gasteiger partial charge on any atom is -0.446 e. The summed E-state index contributed by atoms with van der Waals surface area (Å²) in [5.41, 5.74) is 0.813. The zero-order valence-corrected chi connectivity index (χ0v) is 13.5. The number of ether oxygens (including phenoxy) is 1. The average molecular weight is 295 g/mol. The molecule has 1 aromatic rings. The van der Waals surface area contributed by atoms with E-state index >= 15 is 0 Å². The molecule has 1 unspecified atom stereocenters. The molecule has 0 saturated carbocycles. The summed E-state index contributed by atoms with van der Waals surface area (Å²) in [5, 5.41) is 2.83. The van der Waals surface area contributed by atoms with Crippen LogP contribution in [0, 0.1) is 0 Å². The lowest BCUT2D eigenvalue weighted by Crippen LogP contribution is -2.22. The SMILES string of the molecule is CCCCCC(CC)OC(=O)Nc1ccccc1SC. The Hall–Kier alpha value is -1.16. The molecule has 112 valence electrons. The molecule has 0 radical (unpaired) electrons. The van der Waals surface area contributed by atoms with Gasteiger partial charge in [-0.1, -0.05) is 38.8 Å². The summed E-state index contributed by atoms with van der Waals surface area (Å²) in [7, 11) is 0. The second-order valence-electron chi connectivity index (χ2n) is 4.76. The summed E-state index contributed by atoms with van der Waals surface area (Å²) < 4.78 is 5.49. The number of hydrogen-bond donors (Lipinski definition) is 1. The third-order valence-corrected chi connectivity index (χ3v) is 4.00. The molecule has 3 nitrogen and oxygen atoms in total. The Morgan fingerprint density at radius 3 is 2.70 bits per heavy atom. The van der Waals surface area contributed by atoms with Crippen molar-refractivity contribution in [2.75, 3.05) is 11.6 Å². The first-order valence-corrected chi connectivity index (χ1v) is 8.54. The lowest BCUT2D eigenvalue weighted by molar-refractivity contribution is 0.101. The van der Waals surface area contributed by atoms with E-state index in [2.05, 4.69) is 19.2 Å². The maximum atomic E-state index is 11.9. The van der Waals surface area contributed by atoms with Gasteiger partial charge in [-0.3, -0.25) is 5.32 Å². The molecule has 1 atom stereocenters.